The van der Waals surface area contributed by atoms with E-state index in [1.54, 1.807) is 0 Å². The van der Waals surface area contributed by atoms with E-state index in [9.17, 15) is 5.11 Å². The van der Waals surface area contributed by atoms with E-state index in [0.29, 0.717) is 0 Å². The molecule has 0 aromatic heterocycles. The van der Waals surface area contributed by atoms with Crippen LogP contribution in [0.25, 0.3) is 0 Å². The van der Waals surface area contributed by atoms with Crippen molar-refractivity contribution in [2.24, 2.45) is 29.6 Å². The molecule has 0 aromatic carbocycles. The Kier molecular flexibility index (Phi) is 2.12. The summed E-state index contributed by atoms with van der Waals surface area (Å²) in [5.74, 6) is 5.00. The van der Waals surface area contributed by atoms with Gasteiger partial charge < -0.3 is 5.11 Å². The van der Waals surface area contributed by atoms with E-state index in [4.69, 9.17) is 0 Å². The molecule has 14 heavy (non-hydrogen) atoms. The Hall–Kier alpha value is -0.0400. The van der Waals surface area contributed by atoms with Crippen LogP contribution < -0.4 is 0 Å². The van der Waals surface area contributed by atoms with Crippen LogP contribution in [0.2, 0.25) is 0 Å². The summed E-state index contributed by atoms with van der Waals surface area (Å²) in [6.45, 7) is 1.96. The zero-order valence-corrected chi connectivity index (χ0v) is 9.15. The minimum atomic E-state index is -0.0717. The smallest absolute Gasteiger partial charge is 0.0515 e. The van der Waals surface area contributed by atoms with Gasteiger partial charge in [0.25, 0.3) is 0 Å². The summed E-state index contributed by atoms with van der Waals surface area (Å²) >= 11 is 0. The van der Waals surface area contributed by atoms with Gasteiger partial charge in [-0.2, -0.15) is 0 Å². The largest absolute Gasteiger partial charge is 0.393 e. The maximum absolute atomic E-state index is 9.54. The van der Waals surface area contributed by atoms with Gasteiger partial charge in [0.05, 0.1) is 6.10 Å². The van der Waals surface area contributed by atoms with E-state index in [1.807, 2.05) is 6.92 Å². The monoisotopic (exact) mass is 194 g/mol. The standard InChI is InChI=1S/C13H22O/c1-8(14)2-13-11-4-9-3-10(6-11)7-12(13)5-9/h8-14H,2-7H2,1H3. The van der Waals surface area contributed by atoms with Gasteiger partial charge in [-0.3, -0.25) is 0 Å². The number of aliphatic hydroxyl groups is 1. The molecule has 0 aromatic rings. The Morgan fingerprint density at radius 1 is 1.00 bits per heavy atom. The minimum absolute atomic E-state index is 0.0717. The Bertz CT molecular complexity index is 193. The highest BCUT2D eigenvalue weighted by molar-refractivity contribution is 4.98. The molecule has 0 heterocycles. The van der Waals surface area contributed by atoms with Crippen LogP contribution in [-0.2, 0) is 0 Å². The van der Waals surface area contributed by atoms with Crippen LogP contribution in [0, 0.1) is 29.6 Å². The molecule has 1 atom stereocenters. The number of aliphatic hydroxyl groups excluding tert-OH is 1. The van der Waals surface area contributed by atoms with Crippen LogP contribution in [0.3, 0.4) is 0 Å². The third-order valence-electron chi connectivity index (χ3n) is 5.04. The topological polar surface area (TPSA) is 20.2 Å². The average Bonchev–Trinajstić information content (AvgIpc) is 2.09. The van der Waals surface area contributed by atoms with Gasteiger partial charge in [-0.05, 0) is 75.0 Å². The van der Waals surface area contributed by atoms with E-state index >= 15 is 0 Å². The van der Waals surface area contributed by atoms with Gasteiger partial charge in [-0.1, -0.05) is 0 Å². The van der Waals surface area contributed by atoms with Crippen molar-refractivity contribution in [2.45, 2.75) is 51.6 Å². The van der Waals surface area contributed by atoms with Gasteiger partial charge in [0, 0.05) is 0 Å². The average molecular weight is 194 g/mol. The van der Waals surface area contributed by atoms with Crippen molar-refractivity contribution >= 4 is 0 Å². The zero-order valence-electron chi connectivity index (χ0n) is 9.15. The van der Waals surface area contributed by atoms with Gasteiger partial charge in [0.2, 0.25) is 0 Å². The summed E-state index contributed by atoms with van der Waals surface area (Å²) in [6, 6.07) is 0. The Labute approximate surface area is 86.9 Å². The van der Waals surface area contributed by atoms with Crippen LogP contribution in [0.4, 0.5) is 0 Å². The summed E-state index contributed by atoms with van der Waals surface area (Å²) in [7, 11) is 0. The van der Waals surface area contributed by atoms with E-state index in [0.717, 1.165) is 36.0 Å². The molecule has 1 unspecified atom stereocenters. The van der Waals surface area contributed by atoms with Crippen molar-refractivity contribution in [2.75, 3.05) is 0 Å². The molecule has 1 N–H and O–H groups in total. The van der Waals surface area contributed by atoms with Gasteiger partial charge in [0.15, 0.2) is 0 Å². The number of hydrogen-bond donors (Lipinski definition) is 1. The minimum Gasteiger partial charge on any atom is -0.393 e. The van der Waals surface area contributed by atoms with Gasteiger partial charge in [-0.25, -0.2) is 0 Å². The Balaban J connectivity index is 1.74. The zero-order chi connectivity index (χ0) is 9.71. The van der Waals surface area contributed by atoms with Crippen LogP contribution in [0.15, 0.2) is 0 Å². The second-order valence-electron chi connectivity index (χ2n) is 6.18. The lowest BCUT2D eigenvalue weighted by Crippen LogP contribution is -2.45. The second-order valence-corrected chi connectivity index (χ2v) is 6.18. The highest BCUT2D eigenvalue weighted by atomic mass is 16.3. The van der Waals surface area contributed by atoms with Gasteiger partial charge in [-0.15, -0.1) is 0 Å². The lowest BCUT2D eigenvalue weighted by atomic mass is 9.51. The molecule has 0 amide bonds. The molecule has 0 aliphatic heterocycles. The number of hydrogen-bond acceptors (Lipinski definition) is 1. The van der Waals surface area contributed by atoms with Crippen LogP contribution in [0.1, 0.15) is 45.4 Å². The Morgan fingerprint density at radius 3 is 1.93 bits per heavy atom. The van der Waals surface area contributed by atoms with Crippen molar-refractivity contribution in [1.82, 2.24) is 0 Å². The quantitative estimate of drug-likeness (QED) is 0.716. The highest BCUT2D eigenvalue weighted by Crippen LogP contribution is 2.57. The molecular formula is C13H22O. The highest BCUT2D eigenvalue weighted by Gasteiger charge is 2.47. The number of rotatable bonds is 2. The maximum atomic E-state index is 9.54. The van der Waals surface area contributed by atoms with Crippen LogP contribution >= 0.6 is 0 Å². The lowest BCUT2D eigenvalue weighted by Gasteiger charge is -2.54. The lowest BCUT2D eigenvalue weighted by molar-refractivity contribution is -0.0527. The fraction of sp³-hybridized carbons (Fsp3) is 1.00. The van der Waals surface area contributed by atoms with Crippen molar-refractivity contribution in [3.8, 4) is 0 Å². The van der Waals surface area contributed by atoms with E-state index in [2.05, 4.69) is 0 Å². The van der Waals surface area contributed by atoms with Crippen molar-refractivity contribution in [3.05, 3.63) is 0 Å². The predicted octanol–water partition coefficient (Wildman–Crippen LogP) is 2.83. The van der Waals surface area contributed by atoms with Gasteiger partial charge in [0.1, 0.15) is 0 Å². The normalized spacial score (nSPS) is 52.3. The molecule has 1 heteroatoms. The van der Waals surface area contributed by atoms with Gasteiger partial charge >= 0.3 is 0 Å². The molecule has 0 radical (unpaired) electrons. The molecule has 4 aliphatic rings. The molecule has 4 fully saturated rings. The summed E-state index contributed by atoms with van der Waals surface area (Å²) in [5, 5.41) is 9.54. The van der Waals surface area contributed by atoms with Crippen molar-refractivity contribution in [3.63, 3.8) is 0 Å². The molecule has 0 saturated heterocycles. The maximum Gasteiger partial charge on any atom is 0.0515 e. The fourth-order valence-corrected chi connectivity index (χ4v) is 4.82. The molecule has 0 spiro atoms. The van der Waals surface area contributed by atoms with E-state index in [1.165, 1.54) is 32.1 Å². The molecule has 80 valence electrons. The first-order valence-electron chi connectivity index (χ1n) is 6.40. The summed E-state index contributed by atoms with van der Waals surface area (Å²) in [5.41, 5.74) is 0. The second kappa shape index (κ2) is 3.23. The molecular weight excluding hydrogens is 172 g/mol. The molecule has 4 bridgehead atoms. The predicted molar refractivity (Wildman–Crippen MR) is 56.8 cm³/mol. The fourth-order valence-electron chi connectivity index (χ4n) is 4.82. The van der Waals surface area contributed by atoms with Crippen molar-refractivity contribution < 1.29 is 5.11 Å². The first-order valence-corrected chi connectivity index (χ1v) is 6.40. The summed E-state index contributed by atoms with van der Waals surface area (Å²) in [6.07, 6.45) is 8.50. The van der Waals surface area contributed by atoms with Crippen LogP contribution in [0.5, 0.6) is 0 Å². The SMILES string of the molecule is CC(O)CC1C2CC3CC(C2)CC1C3. The summed E-state index contributed by atoms with van der Waals surface area (Å²) < 4.78 is 0. The Morgan fingerprint density at radius 2 is 1.50 bits per heavy atom. The third kappa shape index (κ3) is 1.41. The molecule has 4 rings (SSSR count). The molecule has 4 aliphatic carbocycles. The first kappa shape index (κ1) is 9.21. The van der Waals surface area contributed by atoms with Crippen molar-refractivity contribution in [1.29, 1.82) is 0 Å². The van der Waals surface area contributed by atoms with Crippen LogP contribution in [-0.4, -0.2) is 11.2 Å². The van der Waals surface area contributed by atoms with E-state index in [-0.39, 0.29) is 6.10 Å². The molecule has 1 nitrogen and oxygen atoms in total. The summed E-state index contributed by atoms with van der Waals surface area (Å²) in [4.78, 5) is 0. The third-order valence-corrected chi connectivity index (χ3v) is 5.04. The van der Waals surface area contributed by atoms with E-state index < -0.39 is 0 Å². The first-order chi connectivity index (χ1) is 6.72. The molecule has 4 saturated carbocycles.